The molecule has 1 aromatic rings. The molecule has 1 amide bonds. The van der Waals surface area contributed by atoms with Crippen molar-refractivity contribution in [3.8, 4) is 0 Å². The lowest BCUT2D eigenvalue weighted by Crippen LogP contribution is -2.44. The Kier molecular flexibility index (Phi) is 7.31. The van der Waals surface area contributed by atoms with Gasteiger partial charge >= 0.3 is 0 Å². The summed E-state index contributed by atoms with van der Waals surface area (Å²) in [5, 5.41) is 15.1. The molecule has 3 N–H and O–H groups in total. The van der Waals surface area contributed by atoms with E-state index in [0.717, 1.165) is 69.8 Å². The van der Waals surface area contributed by atoms with Crippen molar-refractivity contribution >= 4 is 25.5 Å². The first-order chi connectivity index (χ1) is 13.5. The molecule has 3 heterocycles. The average Bonchev–Trinajstić information content (AvgIpc) is 2.71. The molecule has 0 aliphatic carbocycles. The molecular weight excluding hydrogens is 355 g/mol. The van der Waals surface area contributed by atoms with E-state index in [0.29, 0.717) is 0 Å². The van der Waals surface area contributed by atoms with Gasteiger partial charge in [-0.1, -0.05) is 6.07 Å². The van der Waals surface area contributed by atoms with Gasteiger partial charge in [-0.3, -0.25) is 9.59 Å². The number of pyridine rings is 1. The predicted molar refractivity (Wildman–Crippen MR) is 111 cm³/mol. The van der Waals surface area contributed by atoms with Gasteiger partial charge in [0.1, 0.15) is 13.7 Å². The van der Waals surface area contributed by atoms with Crippen LogP contribution in [0.1, 0.15) is 36.9 Å². The lowest BCUT2D eigenvalue weighted by molar-refractivity contribution is -0.136. The monoisotopic (exact) mass is 386 g/mol. The first-order valence-electron chi connectivity index (χ1n) is 10.5. The molecule has 2 aliphatic rings. The number of likely N-dealkylation sites (tertiary alicyclic amines) is 1. The van der Waals surface area contributed by atoms with Crippen molar-refractivity contribution < 1.29 is 14.7 Å². The largest absolute Gasteiger partial charge is 0.482 e. The minimum atomic E-state index is -0.878. The number of nitrogens with zero attached hydrogens (tertiary/aromatic N) is 2. The number of hydrogen-bond acceptors (Lipinski definition) is 5. The number of piperidine rings is 1. The Morgan fingerprint density at radius 2 is 2.25 bits per heavy atom. The normalized spacial score (nSPS) is 20.6. The average molecular weight is 386 g/mol. The van der Waals surface area contributed by atoms with Crippen molar-refractivity contribution in [2.75, 3.05) is 38.0 Å². The number of aromatic nitrogens is 1. The Balaban J connectivity index is 1.41. The first kappa shape index (κ1) is 20.6. The van der Waals surface area contributed by atoms with E-state index < -0.39 is 11.8 Å². The summed E-state index contributed by atoms with van der Waals surface area (Å²) in [5.74, 6) is -0.436. The van der Waals surface area contributed by atoms with Crippen LogP contribution in [0.3, 0.4) is 0 Å². The Morgan fingerprint density at radius 3 is 3.07 bits per heavy atom. The molecule has 0 spiro atoms. The fourth-order valence-corrected chi connectivity index (χ4v) is 3.95. The number of amides is 1. The maximum Gasteiger partial charge on any atom is 0.300 e. The fourth-order valence-electron chi connectivity index (χ4n) is 3.95. The quantitative estimate of drug-likeness (QED) is 0.570. The Bertz CT molecular complexity index is 700. The van der Waals surface area contributed by atoms with Gasteiger partial charge in [0.05, 0.1) is 5.92 Å². The van der Waals surface area contributed by atoms with Crippen LogP contribution in [0, 0.1) is 5.92 Å². The number of fused-ring (bicyclic) bond motifs is 1. The van der Waals surface area contributed by atoms with Gasteiger partial charge in [-0.15, -0.1) is 0 Å². The van der Waals surface area contributed by atoms with Crippen molar-refractivity contribution in [3.05, 3.63) is 23.4 Å². The van der Waals surface area contributed by atoms with Crippen molar-refractivity contribution in [2.24, 2.45) is 5.92 Å². The fraction of sp³-hybridized carbons (Fsp3) is 0.650. The number of carboxylic acids is 1. The van der Waals surface area contributed by atoms with Crippen LogP contribution < -0.4 is 10.6 Å². The van der Waals surface area contributed by atoms with Gasteiger partial charge in [0.2, 0.25) is 5.91 Å². The molecule has 152 valence electrons. The molecular formula is C20H31BN4O3. The number of carboxylic acid groups (broad SMARTS) is 1. The summed E-state index contributed by atoms with van der Waals surface area (Å²) in [6.45, 7) is 3.94. The molecule has 2 atom stereocenters. The molecule has 0 saturated carbocycles. The highest BCUT2D eigenvalue weighted by Crippen LogP contribution is 2.21. The minimum Gasteiger partial charge on any atom is -0.482 e. The van der Waals surface area contributed by atoms with Crippen LogP contribution in [-0.4, -0.2) is 67.4 Å². The molecule has 0 aromatic carbocycles. The third-order valence-corrected chi connectivity index (χ3v) is 5.74. The zero-order valence-electron chi connectivity index (χ0n) is 16.7. The molecule has 28 heavy (non-hydrogen) atoms. The lowest BCUT2D eigenvalue weighted by Gasteiger charge is -2.32. The summed E-state index contributed by atoms with van der Waals surface area (Å²) < 4.78 is 0. The summed E-state index contributed by atoms with van der Waals surface area (Å²) in [7, 11) is 1.61. The van der Waals surface area contributed by atoms with Crippen molar-refractivity contribution in [2.45, 2.75) is 44.3 Å². The van der Waals surface area contributed by atoms with Crippen LogP contribution in [0.15, 0.2) is 12.1 Å². The maximum atomic E-state index is 12.4. The predicted octanol–water partition coefficient (Wildman–Crippen LogP) is 0.707. The van der Waals surface area contributed by atoms with Crippen molar-refractivity contribution in [1.29, 1.82) is 0 Å². The number of hydrogen-bond donors (Lipinski definition) is 3. The van der Waals surface area contributed by atoms with E-state index in [9.17, 15) is 9.59 Å². The van der Waals surface area contributed by atoms with Gasteiger partial charge in [-0.2, -0.15) is 0 Å². The molecule has 8 heteroatoms. The summed E-state index contributed by atoms with van der Waals surface area (Å²) >= 11 is 0. The van der Waals surface area contributed by atoms with Gasteiger partial charge in [0, 0.05) is 31.1 Å². The van der Waals surface area contributed by atoms with Gasteiger partial charge in [-0.05, 0) is 63.2 Å². The molecule has 1 aromatic heterocycles. The van der Waals surface area contributed by atoms with E-state index in [4.69, 9.17) is 10.1 Å². The molecule has 3 rings (SSSR count). The number of nitrogens with one attached hydrogen (secondary N) is 2. The second-order valence-electron chi connectivity index (χ2n) is 8.07. The highest BCUT2D eigenvalue weighted by Gasteiger charge is 2.26. The van der Waals surface area contributed by atoms with Gasteiger partial charge in [0.25, 0.3) is 5.97 Å². The second kappa shape index (κ2) is 9.91. The van der Waals surface area contributed by atoms with Crippen molar-refractivity contribution in [3.63, 3.8) is 0 Å². The van der Waals surface area contributed by atoms with Gasteiger partial charge < -0.3 is 20.6 Å². The second-order valence-corrected chi connectivity index (χ2v) is 8.07. The zero-order chi connectivity index (χ0) is 19.9. The van der Waals surface area contributed by atoms with Gasteiger partial charge in [0.15, 0.2) is 0 Å². The highest BCUT2D eigenvalue weighted by molar-refractivity contribution is 6.22. The first-order valence-corrected chi connectivity index (χ1v) is 10.5. The van der Waals surface area contributed by atoms with Crippen molar-refractivity contribution in [1.82, 2.24) is 15.2 Å². The Morgan fingerprint density at radius 1 is 1.39 bits per heavy atom. The molecule has 7 nitrogen and oxygen atoms in total. The number of aryl methyl sites for hydroxylation is 2. The van der Waals surface area contributed by atoms with Crippen LogP contribution in [0.4, 0.5) is 5.82 Å². The highest BCUT2D eigenvalue weighted by atomic mass is 16.4. The van der Waals surface area contributed by atoms with Gasteiger partial charge in [-0.25, -0.2) is 4.98 Å². The van der Waals surface area contributed by atoms with Crippen LogP contribution in [0.25, 0.3) is 0 Å². The standard InChI is InChI=1S/C20H31BN4O3/c21-17(20(27)28)12-23-19(26)15-5-2-10-25(13-15)11-3-6-16-8-7-14-4-1-9-22-18(14)24-16/h7-8,15,17H,1-6,9-13,21H2,(H,22,24)(H,23,26)(H,27,28). The topological polar surface area (TPSA) is 94.6 Å². The van der Waals surface area contributed by atoms with Crippen LogP contribution in [-0.2, 0) is 22.4 Å². The van der Waals surface area contributed by atoms with E-state index in [1.165, 1.54) is 12.0 Å². The molecule has 2 aliphatic heterocycles. The van der Waals surface area contributed by atoms with E-state index in [2.05, 4.69) is 27.7 Å². The summed E-state index contributed by atoms with van der Waals surface area (Å²) in [4.78, 5) is 30.3. The molecule has 1 saturated heterocycles. The summed E-state index contributed by atoms with van der Waals surface area (Å²) in [6.07, 6.45) is 6.13. The van der Waals surface area contributed by atoms with Crippen LogP contribution in [0.2, 0.25) is 5.82 Å². The lowest BCUT2D eigenvalue weighted by atomic mass is 9.87. The number of carbonyl (C=O) groups excluding carboxylic acids is 1. The van der Waals surface area contributed by atoms with E-state index >= 15 is 0 Å². The number of carbonyl (C=O) groups is 2. The third kappa shape index (κ3) is 5.71. The molecule has 0 bridgehead atoms. The smallest absolute Gasteiger partial charge is 0.300 e. The molecule has 1 fully saturated rings. The molecule has 2 unspecified atom stereocenters. The Hall–Kier alpha value is -2.09. The molecule has 0 radical (unpaired) electrons. The van der Waals surface area contributed by atoms with E-state index in [1.807, 2.05) is 0 Å². The number of anilines is 1. The number of aliphatic carboxylic acids is 1. The summed E-state index contributed by atoms with van der Waals surface area (Å²) in [6, 6.07) is 4.34. The minimum absolute atomic E-state index is 0.0137. The van der Waals surface area contributed by atoms with Crippen LogP contribution >= 0.6 is 0 Å². The SMILES string of the molecule is BC(CNC(=O)C1CCCN(CCCc2ccc3c(n2)NCCC3)C1)C(=O)O. The number of rotatable bonds is 8. The zero-order valence-corrected chi connectivity index (χ0v) is 16.7. The third-order valence-electron chi connectivity index (χ3n) is 5.74. The maximum absolute atomic E-state index is 12.4. The van der Waals surface area contributed by atoms with Crippen LogP contribution in [0.5, 0.6) is 0 Å². The van der Waals surface area contributed by atoms with E-state index in [-0.39, 0.29) is 18.4 Å². The summed E-state index contributed by atoms with van der Waals surface area (Å²) in [5.41, 5.74) is 2.44. The van der Waals surface area contributed by atoms with E-state index in [1.54, 1.807) is 7.85 Å². The Labute approximate surface area is 167 Å².